The first-order valence-corrected chi connectivity index (χ1v) is 7.94. The topological polar surface area (TPSA) is 44.7 Å². The van der Waals surface area contributed by atoms with Gasteiger partial charge in [0.2, 0.25) is 0 Å². The zero-order valence-electron chi connectivity index (χ0n) is 12.4. The van der Waals surface area contributed by atoms with Gasteiger partial charge in [-0.05, 0) is 31.7 Å². The maximum atomic E-state index is 12.7. The number of hydrogen-bond donors (Lipinski definition) is 1. The fourth-order valence-corrected chi connectivity index (χ4v) is 2.67. The number of rotatable bonds is 4. The highest BCUT2D eigenvalue weighted by molar-refractivity contribution is 8.13. The van der Waals surface area contributed by atoms with Gasteiger partial charge in [0.15, 0.2) is 10.7 Å². The van der Waals surface area contributed by atoms with Crippen molar-refractivity contribution in [2.45, 2.75) is 19.4 Å². The monoisotopic (exact) mass is 301 g/mol. The van der Waals surface area contributed by atoms with Crippen LogP contribution >= 0.6 is 11.8 Å². The Bertz CT molecular complexity index is 595. The summed E-state index contributed by atoms with van der Waals surface area (Å²) < 4.78 is 0. The molecule has 4 nitrogen and oxygen atoms in total. The predicted octanol–water partition coefficient (Wildman–Crippen LogP) is 3.06. The molecule has 2 rings (SSSR count). The molecule has 0 aromatic heterocycles. The number of amides is 1. The summed E-state index contributed by atoms with van der Waals surface area (Å²) >= 11 is 1.45. The molecule has 1 amide bonds. The zero-order valence-corrected chi connectivity index (χ0v) is 13.2. The van der Waals surface area contributed by atoms with Crippen LogP contribution in [0.2, 0.25) is 0 Å². The van der Waals surface area contributed by atoms with Crippen molar-refractivity contribution in [1.82, 2.24) is 10.4 Å². The van der Waals surface area contributed by atoms with Gasteiger partial charge < -0.3 is 0 Å². The number of nitrogens with one attached hydrogen (secondary N) is 1. The number of thioether (sulfide) groups is 1. The van der Waals surface area contributed by atoms with E-state index in [4.69, 9.17) is 0 Å². The van der Waals surface area contributed by atoms with E-state index in [0.29, 0.717) is 5.17 Å². The third-order valence-electron chi connectivity index (χ3n) is 3.25. The van der Waals surface area contributed by atoms with E-state index in [0.717, 1.165) is 5.56 Å². The molecule has 1 heterocycles. The van der Waals surface area contributed by atoms with Crippen LogP contribution < -0.4 is 5.43 Å². The van der Waals surface area contributed by atoms with Crippen molar-refractivity contribution in [2.75, 3.05) is 6.26 Å². The van der Waals surface area contributed by atoms with Crippen LogP contribution in [0.1, 0.15) is 19.4 Å². The minimum atomic E-state index is -0.874. The molecule has 1 N–H and O–H groups in total. The summed E-state index contributed by atoms with van der Waals surface area (Å²) in [6.45, 7) is 3.78. The van der Waals surface area contributed by atoms with Gasteiger partial charge in [-0.25, -0.2) is 4.99 Å². The van der Waals surface area contributed by atoms with E-state index in [2.05, 4.69) is 10.4 Å². The Morgan fingerprint density at radius 3 is 2.62 bits per heavy atom. The van der Waals surface area contributed by atoms with Crippen molar-refractivity contribution < 1.29 is 4.79 Å². The van der Waals surface area contributed by atoms with Gasteiger partial charge in [0.05, 0.1) is 0 Å². The van der Waals surface area contributed by atoms with Gasteiger partial charge in [-0.1, -0.05) is 54.2 Å². The Morgan fingerprint density at radius 1 is 1.29 bits per heavy atom. The van der Waals surface area contributed by atoms with Crippen LogP contribution in [0.5, 0.6) is 0 Å². The fraction of sp³-hybridized carbons (Fsp3) is 0.250. The lowest BCUT2D eigenvalue weighted by Gasteiger charge is -2.22. The number of hydrazine groups is 1. The van der Waals surface area contributed by atoms with Crippen molar-refractivity contribution in [3.63, 3.8) is 0 Å². The third-order valence-corrected chi connectivity index (χ3v) is 3.89. The second kappa shape index (κ2) is 6.63. The summed E-state index contributed by atoms with van der Waals surface area (Å²) in [5.41, 5.74) is 3.01. The van der Waals surface area contributed by atoms with Crippen LogP contribution in [-0.4, -0.2) is 22.3 Å². The highest BCUT2D eigenvalue weighted by atomic mass is 32.2. The number of carbonyl (C=O) groups excluding carboxylic acids is 1. The van der Waals surface area contributed by atoms with Gasteiger partial charge >= 0.3 is 0 Å². The maximum absolute atomic E-state index is 12.7. The number of benzene rings is 1. The third kappa shape index (κ3) is 3.03. The molecule has 1 aromatic carbocycles. The molecular formula is C16H19N3OS. The summed E-state index contributed by atoms with van der Waals surface area (Å²) in [6, 6.07) is 9.63. The first-order chi connectivity index (χ1) is 10.1. The van der Waals surface area contributed by atoms with E-state index in [1.54, 1.807) is 6.20 Å². The molecule has 0 radical (unpaired) electrons. The zero-order chi connectivity index (χ0) is 15.3. The van der Waals surface area contributed by atoms with Gasteiger partial charge in [-0.2, -0.15) is 5.01 Å². The van der Waals surface area contributed by atoms with E-state index in [-0.39, 0.29) is 5.91 Å². The number of aliphatic imine (C=N–C) groups is 1. The van der Waals surface area contributed by atoms with Crippen molar-refractivity contribution in [1.29, 1.82) is 0 Å². The largest absolute Gasteiger partial charge is 0.297 e. The lowest BCUT2D eigenvalue weighted by atomic mass is 9.93. The summed E-state index contributed by atoms with van der Waals surface area (Å²) in [5, 5.41) is 2.16. The van der Waals surface area contributed by atoms with Gasteiger partial charge in [0, 0.05) is 6.20 Å². The molecule has 0 bridgehead atoms. The van der Waals surface area contributed by atoms with Crippen LogP contribution in [0.4, 0.5) is 0 Å². The van der Waals surface area contributed by atoms with Crippen LogP contribution in [0.3, 0.4) is 0 Å². The number of nitrogens with zero attached hydrogens (tertiary/aromatic N) is 2. The van der Waals surface area contributed by atoms with Gasteiger partial charge in [0.1, 0.15) is 0 Å². The van der Waals surface area contributed by atoms with Crippen LogP contribution in [0.25, 0.3) is 0 Å². The van der Waals surface area contributed by atoms with Crippen LogP contribution in [0, 0.1) is 0 Å². The molecule has 1 aliphatic heterocycles. The first kappa shape index (κ1) is 15.4. The van der Waals surface area contributed by atoms with E-state index in [1.807, 2.05) is 68.7 Å². The van der Waals surface area contributed by atoms with Crippen LogP contribution in [0.15, 0.2) is 59.8 Å². The highest BCUT2D eigenvalue weighted by Crippen LogP contribution is 2.34. The summed E-state index contributed by atoms with van der Waals surface area (Å²) in [5.74, 6) is -0.0804. The first-order valence-electron chi connectivity index (χ1n) is 6.71. The number of amidine groups is 1. The smallest absolute Gasteiger partial charge is 0.279 e. The van der Waals surface area contributed by atoms with E-state index in [1.165, 1.54) is 16.8 Å². The molecule has 1 unspecified atom stereocenters. The Balaban J connectivity index is 2.28. The molecule has 0 fully saturated rings. The average Bonchev–Trinajstić information content (AvgIpc) is 2.77. The van der Waals surface area contributed by atoms with E-state index < -0.39 is 5.54 Å². The molecule has 0 saturated heterocycles. The minimum absolute atomic E-state index is 0.0804. The molecule has 0 aliphatic carbocycles. The summed E-state index contributed by atoms with van der Waals surface area (Å²) in [4.78, 5) is 17.4. The SMILES string of the molecule is C/C=C\C=C/NN1C(=O)C(C)(c2ccccc2)N=C1SC. The van der Waals surface area contributed by atoms with Crippen molar-refractivity contribution in [2.24, 2.45) is 4.99 Å². The molecule has 0 spiro atoms. The maximum Gasteiger partial charge on any atom is 0.279 e. The quantitative estimate of drug-likeness (QED) is 0.869. The minimum Gasteiger partial charge on any atom is -0.297 e. The molecule has 0 saturated carbocycles. The summed E-state index contributed by atoms with van der Waals surface area (Å²) in [7, 11) is 0. The second-order valence-electron chi connectivity index (χ2n) is 4.69. The predicted molar refractivity (Wildman–Crippen MR) is 88.7 cm³/mol. The molecular weight excluding hydrogens is 282 g/mol. The Morgan fingerprint density at radius 2 is 2.00 bits per heavy atom. The number of hydrogen-bond acceptors (Lipinski definition) is 4. The van der Waals surface area contributed by atoms with Crippen molar-refractivity contribution in [3.8, 4) is 0 Å². The molecule has 21 heavy (non-hydrogen) atoms. The van der Waals surface area contributed by atoms with Gasteiger partial charge in [0.25, 0.3) is 5.91 Å². The molecule has 1 aliphatic rings. The van der Waals surface area contributed by atoms with Gasteiger partial charge in [-0.3, -0.25) is 10.2 Å². The highest BCUT2D eigenvalue weighted by Gasteiger charge is 2.45. The average molecular weight is 301 g/mol. The van der Waals surface area contributed by atoms with E-state index in [9.17, 15) is 4.79 Å². The fourth-order valence-electron chi connectivity index (χ4n) is 2.08. The van der Waals surface area contributed by atoms with Gasteiger partial charge in [-0.15, -0.1) is 0 Å². The van der Waals surface area contributed by atoms with E-state index >= 15 is 0 Å². The lowest BCUT2D eigenvalue weighted by molar-refractivity contribution is -0.132. The standard InChI is InChI=1S/C16H19N3OS/c1-4-5-9-12-17-19-14(20)16(2,18-15(19)21-3)13-10-7-6-8-11-13/h4-12,17H,1-3H3/b5-4-,12-9-. The molecule has 110 valence electrons. The Kier molecular flexibility index (Phi) is 4.85. The van der Waals surface area contributed by atoms with Crippen LogP contribution in [-0.2, 0) is 10.3 Å². The normalized spacial score (nSPS) is 22.3. The second-order valence-corrected chi connectivity index (χ2v) is 5.46. The molecule has 5 heteroatoms. The van der Waals surface area contributed by atoms with Crippen molar-refractivity contribution >= 4 is 22.8 Å². The number of allylic oxidation sites excluding steroid dienone is 3. The molecule has 1 aromatic rings. The van der Waals surface area contributed by atoms with Crippen molar-refractivity contribution in [3.05, 3.63) is 60.3 Å². The lowest BCUT2D eigenvalue weighted by Crippen LogP contribution is -2.44. The Hall–Kier alpha value is -2.01. The Labute approximate surface area is 129 Å². The molecule has 1 atom stereocenters. The summed E-state index contributed by atoms with van der Waals surface area (Å²) in [6.07, 6.45) is 9.28. The number of carbonyl (C=O) groups is 1.